The van der Waals surface area contributed by atoms with E-state index in [1.807, 2.05) is 6.07 Å². The largest absolute Gasteiger partial charge is 0.491 e. The van der Waals surface area contributed by atoms with E-state index in [1.54, 1.807) is 0 Å². The Hall–Kier alpha value is -3.01. The molecule has 0 heterocycles. The first-order valence-electron chi connectivity index (χ1n) is 5.91. The average Bonchev–Trinajstić information content (AvgIpc) is 2.52. The summed E-state index contributed by atoms with van der Waals surface area (Å²) < 4.78 is 49.8. The van der Waals surface area contributed by atoms with Gasteiger partial charge in [-0.05, 0) is 30.3 Å². The van der Waals surface area contributed by atoms with Crippen molar-refractivity contribution in [3.63, 3.8) is 0 Å². The molecular weight excluding hydrogens is 299 g/mol. The van der Waals surface area contributed by atoms with Crippen LogP contribution in [0.5, 0.6) is 11.5 Å². The molecule has 22 heavy (non-hydrogen) atoms. The van der Waals surface area contributed by atoms with Crippen molar-refractivity contribution >= 4 is 5.97 Å². The van der Waals surface area contributed by atoms with Gasteiger partial charge in [-0.2, -0.15) is 9.65 Å². The van der Waals surface area contributed by atoms with Crippen molar-refractivity contribution < 1.29 is 27.4 Å². The second-order valence-corrected chi connectivity index (χ2v) is 4.09. The highest BCUT2D eigenvalue weighted by molar-refractivity contribution is 5.92. The average molecular weight is 307 g/mol. The summed E-state index contributed by atoms with van der Waals surface area (Å²) in [4.78, 5) is 11.8. The molecule has 0 spiro atoms. The molecule has 0 saturated heterocycles. The molecule has 0 aliphatic rings. The summed E-state index contributed by atoms with van der Waals surface area (Å²) in [6.45, 7) is 0. The number of esters is 1. The molecule has 2 rings (SSSR count). The molecule has 2 aromatic carbocycles. The van der Waals surface area contributed by atoms with Crippen LogP contribution in [0.15, 0.2) is 30.3 Å². The number of benzene rings is 2. The molecule has 0 N–H and O–H groups in total. The van der Waals surface area contributed by atoms with Gasteiger partial charge in [0.05, 0.1) is 18.7 Å². The van der Waals surface area contributed by atoms with Crippen molar-refractivity contribution in [1.29, 1.82) is 5.26 Å². The van der Waals surface area contributed by atoms with Crippen LogP contribution in [0.25, 0.3) is 0 Å². The van der Waals surface area contributed by atoms with E-state index in [9.17, 15) is 18.0 Å². The molecule has 0 unspecified atom stereocenters. The minimum absolute atomic E-state index is 0.0205. The van der Waals surface area contributed by atoms with Crippen LogP contribution in [0.3, 0.4) is 0 Å². The summed E-state index contributed by atoms with van der Waals surface area (Å²) in [6.07, 6.45) is 0. The Morgan fingerprint density at radius 1 is 1.14 bits per heavy atom. The van der Waals surface area contributed by atoms with E-state index in [-0.39, 0.29) is 5.75 Å². The summed E-state index contributed by atoms with van der Waals surface area (Å²) in [5.74, 6) is -6.54. The number of methoxy groups -OCH3 is 1. The van der Waals surface area contributed by atoms with Crippen LogP contribution in [0.4, 0.5) is 13.2 Å². The quantitative estimate of drug-likeness (QED) is 0.496. The van der Waals surface area contributed by atoms with Crippen molar-refractivity contribution in [3.05, 3.63) is 58.9 Å². The van der Waals surface area contributed by atoms with Crippen molar-refractivity contribution in [3.8, 4) is 17.6 Å². The van der Waals surface area contributed by atoms with Gasteiger partial charge in [-0.15, -0.1) is 0 Å². The molecule has 0 atom stereocenters. The third kappa shape index (κ3) is 2.86. The summed E-state index contributed by atoms with van der Waals surface area (Å²) in [5.41, 5.74) is -0.472. The number of nitrogens with zero attached hydrogens (tertiary/aromatic N) is 1. The van der Waals surface area contributed by atoms with Crippen LogP contribution in [0.2, 0.25) is 0 Å². The molecule has 0 radical (unpaired) electrons. The number of ether oxygens (including phenoxy) is 2. The highest BCUT2D eigenvalue weighted by Crippen LogP contribution is 2.27. The molecule has 0 bridgehead atoms. The van der Waals surface area contributed by atoms with Crippen molar-refractivity contribution in [2.24, 2.45) is 0 Å². The smallest absolute Gasteiger partial charge is 0.346 e. The van der Waals surface area contributed by atoms with Crippen molar-refractivity contribution in [2.45, 2.75) is 0 Å². The van der Waals surface area contributed by atoms with Gasteiger partial charge < -0.3 is 9.47 Å². The molecule has 0 amide bonds. The van der Waals surface area contributed by atoms with Gasteiger partial charge in [0.25, 0.3) is 0 Å². The maximum Gasteiger partial charge on any atom is 0.346 e. The third-order valence-electron chi connectivity index (χ3n) is 2.73. The minimum Gasteiger partial charge on any atom is -0.491 e. The molecule has 4 nitrogen and oxygen atoms in total. The van der Waals surface area contributed by atoms with Gasteiger partial charge in [-0.1, -0.05) is 0 Å². The van der Waals surface area contributed by atoms with Crippen LogP contribution in [0.1, 0.15) is 15.9 Å². The zero-order valence-corrected chi connectivity index (χ0v) is 11.2. The summed E-state index contributed by atoms with van der Waals surface area (Å²) in [6, 6.07) is 7.64. The fourth-order valence-electron chi connectivity index (χ4n) is 1.67. The number of halogens is 3. The van der Waals surface area contributed by atoms with E-state index in [0.29, 0.717) is 11.6 Å². The van der Waals surface area contributed by atoms with Crippen LogP contribution in [0, 0.1) is 28.8 Å². The summed E-state index contributed by atoms with van der Waals surface area (Å²) in [7, 11) is 0.941. The summed E-state index contributed by atoms with van der Waals surface area (Å²) in [5, 5.41) is 8.64. The number of hydrogen-bond donors (Lipinski definition) is 0. The fraction of sp³-hybridized carbons (Fsp3) is 0.0667. The second-order valence-electron chi connectivity index (χ2n) is 4.09. The van der Waals surface area contributed by atoms with Gasteiger partial charge >= 0.3 is 5.97 Å². The maximum absolute atomic E-state index is 13.9. The lowest BCUT2D eigenvalue weighted by Crippen LogP contribution is -2.13. The Labute approximate surface area is 123 Å². The third-order valence-corrected chi connectivity index (χ3v) is 2.73. The number of nitriles is 1. The second kappa shape index (κ2) is 6.18. The molecule has 0 aromatic heterocycles. The predicted octanol–water partition coefficient (Wildman–Crippen LogP) is 3.20. The van der Waals surface area contributed by atoms with Crippen molar-refractivity contribution in [2.75, 3.05) is 7.11 Å². The van der Waals surface area contributed by atoms with Crippen LogP contribution in [-0.4, -0.2) is 13.1 Å². The first-order valence-corrected chi connectivity index (χ1v) is 5.91. The van der Waals surface area contributed by atoms with Crippen molar-refractivity contribution in [1.82, 2.24) is 0 Å². The molecule has 112 valence electrons. The lowest BCUT2D eigenvalue weighted by molar-refractivity contribution is 0.0728. The van der Waals surface area contributed by atoms with Gasteiger partial charge in [-0.25, -0.2) is 13.6 Å². The molecule has 0 aliphatic carbocycles. The van der Waals surface area contributed by atoms with Crippen LogP contribution >= 0.6 is 0 Å². The zero-order valence-electron chi connectivity index (χ0n) is 11.2. The Morgan fingerprint density at radius 2 is 1.77 bits per heavy atom. The van der Waals surface area contributed by atoms with E-state index < -0.39 is 34.7 Å². The molecular formula is C15H8F3NO3. The van der Waals surface area contributed by atoms with E-state index in [1.165, 1.54) is 24.3 Å². The SMILES string of the molecule is COc1c(F)c(F)cc(C(=O)Oc2ccc(C#N)cc2)c1F. The topological polar surface area (TPSA) is 59.3 Å². The summed E-state index contributed by atoms with van der Waals surface area (Å²) >= 11 is 0. The highest BCUT2D eigenvalue weighted by Gasteiger charge is 2.24. The Bertz CT molecular complexity index is 767. The van der Waals surface area contributed by atoms with Crippen LogP contribution in [-0.2, 0) is 0 Å². The number of carbonyl (C=O) groups excluding carboxylic acids is 1. The Balaban J connectivity index is 2.33. The number of hydrogen-bond acceptors (Lipinski definition) is 4. The van der Waals surface area contributed by atoms with Gasteiger partial charge in [0.15, 0.2) is 17.4 Å². The van der Waals surface area contributed by atoms with E-state index >= 15 is 0 Å². The first-order chi connectivity index (χ1) is 10.5. The normalized spacial score (nSPS) is 9.95. The molecule has 0 fully saturated rings. The molecule has 7 heteroatoms. The fourth-order valence-corrected chi connectivity index (χ4v) is 1.67. The van der Waals surface area contributed by atoms with E-state index in [2.05, 4.69) is 4.74 Å². The van der Waals surface area contributed by atoms with Gasteiger partial charge in [-0.3, -0.25) is 0 Å². The molecule has 0 saturated carbocycles. The van der Waals surface area contributed by atoms with Gasteiger partial charge in [0.1, 0.15) is 11.3 Å². The Kier molecular flexibility index (Phi) is 4.32. The standard InChI is InChI=1S/C15H8F3NO3/c1-21-14-12(17)10(6-11(16)13(14)18)15(20)22-9-4-2-8(7-19)3-5-9/h2-6H,1H3. The highest BCUT2D eigenvalue weighted by atomic mass is 19.2. The van der Waals surface area contributed by atoms with E-state index in [0.717, 1.165) is 7.11 Å². The maximum atomic E-state index is 13.9. The minimum atomic E-state index is -1.53. The predicted molar refractivity (Wildman–Crippen MR) is 69.0 cm³/mol. The monoisotopic (exact) mass is 307 g/mol. The lowest BCUT2D eigenvalue weighted by Gasteiger charge is -2.09. The van der Waals surface area contributed by atoms with Gasteiger partial charge in [0.2, 0.25) is 5.82 Å². The number of carbonyl (C=O) groups is 1. The molecule has 2 aromatic rings. The lowest BCUT2D eigenvalue weighted by atomic mass is 10.1. The Morgan fingerprint density at radius 3 is 2.32 bits per heavy atom. The van der Waals surface area contributed by atoms with Gasteiger partial charge in [0, 0.05) is 0 Å². The number of rotatable bonds is 3. The van der Waals surface area contributed by atoms with Crippen LogP contribution < -0.4 is 9.47 Å². The molecule has 0 aliphatic heterocycles. The zero-order chi connectivity index (χ0) is 16.3. The van der Waals surface area contributed by atoms with E-state index in [4.69, 9.17) is 10.00 Å². The first kappa shape index (κ1) is 15.4.